The van der Waals surface area contributed by atoms with Crippen molar-refractivity contribution in [1.82, 2.24) is 29.5 Å². The van der Waals surface area contributed by atoms with E-state index in [4.69, 9.17) is 24.3 Å². The second-order valence-electron chi connectivity index (χ2n) is 9.57. The molecular weight excluding hydrogens is 438 g/mol. The Bertz CT molecular complexity index is 1200. The molecule has 2 aliphatic rings. The van der Waals surface area contributed by atoms with Crippen molar-refractivity contribution >= 4 is 17.7 Å². The third-order valence-electron chi connectivity index (χ3n) is 5.82. The molecule has 0 radical (unpaired) electrons. The quantitative estimate of drug-likeness (QED) is 0.604. The summed E-state index contributed by atoms with van der Waals surface area (Å²) in [5.41, 5.74) is 2.46. The summed E-state index contributed by atoms with van der Waals surface area (Å²) in [6.45, 7) is 8.01. The van der Waals surface area contributed by atoms with E-state index < -0.39 is 5.60 Å². The maximum absolute atomic E-state index is 12.4. The van der Waals surface area contributed by atoms with Crippen molar-refractivity contribution in [2.24, 2.45) is 0 Å². The molecule has 1 amide bonds. The number of likely N-dealkylation sites (tertiary alicyclic amines) is 1. The lowest BCUT2D eigenvalue weighted by Crippen LogP contribution is -2.36. The number of rotatable bonds is 5. The van der Waals surface area contributed by atoms with E-state index >= 15 is 0 Å². The summed E-state index contributed by atoms with van der Waals surface area (Å²) >= 11 is 0. The van der Waals surface area contributed by atoms with Gasteiger partial charge in [-0.15, -0.1) is 0 Å². The molecule has 34 heavy (non-hydrogen) atoms. The van der Waals surface area contributed by atoms with Gasteiger partial charge in [0.05, 0.1) is 38.1 Å². The highest BCUT2D eigenvalue weighted by Crippen LogP contribution is 2.32. The van der Waals surface area contributed by atoms with Gasteiger partial charge in [0.2, 0.25) is 5.95 Å². The topological polar surface area (TPSA) is 116 Å². The lowest BCUT2D eigenvalue weighted by molar-refractivity contribution is 0.00529. The molecule has 5 heterocycles. The van der Waals surface area contributed by atoms with Crippen LogP contribution in [0.4, 0.5) is 10.7 Å². The molecule has 11 nitrogen and oxygen atoms in total. The fourth-order valence-electron chi connectivity index (χ4n) is 4.05. The van der Waals surface area contributed by atoms with E-state index in [1.807, 2.05) is 32.9 Å². The number of imidazole rings is 1. The maximum atomic E-state index is 12.4. The first-order valence-electron chi connectivity index (χ1n) is 11.4. The molecular formula is C23H29N7O4. The molecule has 3 aromatic rings. The number of carbonyl (C=O) groups excluding carboxylic acids is 1. The maximum Gasteiger partial charge on any atom is 0.410 e. The van der Waals surface area contributed by atoms with Crippen molar-refractivity contribution in [2.75, 3.05) is 38.7 Å². The highest BCUT2D eigenvalue weighted by Gasteiger charge is 2.30. The highest BCUT2D eigenvalue weighted by atomic mass is 16.6. The minimum Gasteiger partial charge on any atom is -0.495 e. The van der Waals surface area contributed by atoms with Crippen LogP contribution in [0.5, 0.6) is 5.75 Å². The molecule has 0 bridgehead atoms. The smallest absolute Gasteiger partial charge is 0.410 e. The van der Waals surface area contributed by atoms with Crippen LogP contribution in [0.3, 0.4) is 0 Å². The van der Waals surface area contributed by atoms with Gasteiger partial charge in [0.15, 0.2) is 5.65 Å². The number of ether oxygens (including phenoxy) is 3. The lowest BCUT2D eigenvalue weighted by atomic mass is 10.0. The third-order valence-corrected chi connectivity index (χ3v) is 5.82. The van der Waals surface area contributed by atoms with E-state index in [1.54, 1.807) is 28.9 Å². The molecule has 0 saturated carbocycles. The average Bonchev–Trinajstić information content (AvgIpc) is 3.38. The molecule has 180 valence electrons. The fraction of sp³-hybridized carbons (Fsp3) is 0.522. The zero-order valence-electron chi connectivity index (χ0n) is 19.8. The number of amides is 1. The first-order chi connectivity index (χ1) is 16.3. The van der Waals surface area contributed by atoms with E-state index in [2.05, 4.69) is 15.3 Å². The van der Waals surface area contributed by atoms with E-state index in [-0.39, 0.29) is 18.1 Å². The van der Waals surface area contributed by atoms with Gasteiger partial charge < -0.3 is 24.4 Å². The van der Waals surface area contributed by atoms with Crippen molar-refractivity contribution in [3.63, 3.8) is 0 Å². The van der Waals surface area contributed by atoms with Gasteiger partial charge in [-0.2, -0.15) is 5.10 Å². The minimum absolute atomic E-state index is 0.0394. The van der Waals surface area contributed by atoms with Crippen LogP contribution < -0.4 is 10.1 Å². The standard InChI is InChI=1S/C23H29N7O4/c1-23(2,3)34-22(31)29-8-6-15(11-29)26-21-24-7-5-16(27-21)17-10-25-19-9-18(32-4)20(28-30(17)19)14-12-33-13-14/h5,7,9-10,14-15H,6,8,11-13H2,1-4H3,(H,24,26,27). The van der Waals surface area contributed by atoms with Crippen LogP contribution in [-0.2, 0) is 9.47 Å². The highest BCUT2D eigenvalue weighted by molar-refractivity contribution is 5.68. The second-order valence-corrected chi connectivity index (χ2v) is 9.57. The number of methoxy groups -OCH3 is 1. The summed E-state index contributed by atoms with van der Waals surface area (Å²) in [5, 5.41) is 8.15. The van der Waals surface area contributed by atoms with E-state index in [9.17, 15) is 4.79 Å². The largest absolute Gasteiger partial charge is 0.495 e. The van der Waals surface area contributed by atoms with Crippen molar-refractivity contribution in [1.29, 1.82) is 0 Å². The molecule has 2 saturated heterocycles. The van der Waals surface area contributed by atoms with Crippen LogP contribution in [-0.4, -0.2) is 80.6 Å². The monoisotopic (exact) mass is 467 g/mol. The molecule has 11 heteroatoms. The second kappa shape index (κ2) is 8.71. The molecule has 1 unspecified atom stereocenters. The van der Waals surface area contributed by atoms with Crippen LogP contribution in [0, 0.1) is 0 Å². The van der Waals surface area contributed by atoms with Crippen LogP contribution in [0.2, 0.25) is 0 Å². The predicted octanol–water partition coefficient (Wildman–Crippen LogP) is 2.73. The SMILES string of the molecule is COc1cc2ncc(-c3ccnc(NC4CCN(C(=O)OC(C)(C)C)C4)n3)n2nc1C1COC1. The number of fused-ring (bicyclic) bond motifs is 1. The van der Waals surface area contributed by atoms with Crippen molar-refractivity contribution in [3.05, 3.63) is 30.2 Å². The summed E-state index contributed by atoms with van der Waals surface area (Å²) in [6.07, 6.45) is 3.94. The zero-order chi connectivity index (χ0) is 23.9. The normalized spacial score (nSPS) is 18.7. The molecule has 3 aromatic heterocycles. The Morgan fingerprint density at radius 3 is 2.79 bits per heavy atom. The Balaban J connectivity index is 1.34. The van der Waals surface area contributed by atoms with Crippen LogP contribution in [0.15, 0.2) is 24.5 Å². The summed E-state index contributed by atoms with van der Waals surface area (Å²) in [5.74, 6) is 1.40. The molecule has 0 aliphatic carbocycles. The Morgan fingerprint density at radius 1 is 1.26 bits per heavy atom. The number of anilines is 1. The molecule has 1 atom stereocenters. The lowest BCUT2D eigenvalue weighted by Gasteiger charge is -2.26. The zero-order valence-corrected chi connectivity index (χ0v) is 19.8. The van der Waals surface area contributed by atoms with E-state index in [0.29, 0.717) is 49.3 Å². The van der Waals surface area contributed by atoms with E-state index in [1.165, 1.54) is 0 Å². The van der Waals surface area contributed by atoms with Crippen LogP contribution in [0.1, 0.15) is 38.8 Å². The van der Waals surface area contributed by atoms with Gasteiger partial charge in [0.25, 0.3) is 0 Å². The number of hydrogen-bond acceptors (Lipinski definition) is 9. The summed E-state index contributed by atoms with van der Waals surface area (Å²) in [7, 11) is 1.63. The van der Waals surface area contributed by atoms with Gasteiger partial charge in [0.1, 0.15) is 22.7 Å². The molecule has 0 spiro atoms. The van der Waals surface area contributed by atoms with Crippen molar-refractivity contribution in [3.8, 4) is 17.1 Å². The molecule has 1 N–H and O–H groups in total. The third kappa shape index (κ3) is 4.47. The molecule has 2 fully saturated rings. The predicted molar refractivity (Wildman–Crippen MR) is 124 cm³/mol. The number of carbonyl (C=O) groups is 1. The van der Waals surface area contributed by atoms with Crippen molar-refractivity contribution < 1.29 is 19.0 Å². The van der Waals surface area contributed by atoms with E-state index in [0.717, 1.165) is 17.8 Å². The Hall–Kier alpha value is -3.47. The van der Waals surface area contributed by atoms with Crippen LogP contribution in [0.25, 0.3) is 17.0 Å². The van der Waals surface area contributed by atoms with Crippen LogP contribution >= 0.6 is 0 Å². The minimum atomic E-state index is -0.516. The molecule has 0 aromatic carbocycles. The van der Waals surface area contributed by atoms with Gasteiger partial charge in [-0.25, -0.2) is 24.3 Å². The number of nitrogens with one attached hydrogen (secondary N) is 1. The van der Waals surface area contributed by atoms with Gasteiger partial charge in [0, 0.05) is 31.4 Å². The Morgan fingerprint density at radius 2 is 2.09 bits per heavy atom. The Labute approximate surface area is 197 Å². The summed E-state index contributed by atoms with van der Waals surface area (Å²) < 4.78 is 18.1. The van der Waals surface area contributed by atoms with Gasteiger partial charge in [-0.3, -0.25) is 0 Å². The summed E-state index contributed by atoms with van der Waals surface area (Å²) in [6, 6.07) is 3.75. The molecule has 2 aliphatic heterocycles. The number of hydrogen-bond donors (Lipinski definition) is 1. The van der Waals surface area contributed by atoms with Gasteiger partial charge >= 0.3 is 6.09 Å². The fourth-order valence-corrected chi connectivity index (χ4v) is 4.05. The van der Waals surface area contributed by atoms with Crippen molar-refractivity contribution in [2.45, 2.75) is 44.8 Å². The first-order valence-corrected chi connectivity index (χ1v) is 11.4. The first kappa shape index (κ1) is 22.3. The Kier molecular flexibility index (Phi) is 5.72. The van der Waals surface area contributed by atoms with Gasteiger partial charge in [-0.1, -0.05) is 0 Å². The number of aromatic nitrogens is 5. The summed E-state index contributed by atoms with van der Waals surface area (Å²) in [4.78, 5) is 27.6. The number of nitrogens with zero attached hydrogens (tertiary/aromatic N) is 6. The average molecular weight is 468 g/mol. The molecule has 5 rings (SSSR count). The van der Waals surface area contributed by atoms with Gasteiger partial charge in [-0.05, 0) is 33.3 Å².